The van der Waals surface area contributed by atoms with Crippen LogP contribution in [0.5, 0.6) is 5.88 Å². The third-order valence-corrected chi connectivity index (χ3v) is 3.53. The average Bonchev–Trinajstić information content (AvgIpc) is 2.81. The number of anilines is 1. The van der Waals surface area contributed by atoms with E-state index in [0.29, 0.717) is 11.7 Å². The van der Waals surface area contributed by atoms with Gasteiger partial charge in [-0.25, -0.2) is 9.97 Å². The summed E-state index contributed by atoms with van der Waals surface area (Å²) < 4.78 is 5.14. The molecular weight excluding hydrogens is 248 g/mol. The number of thiazole rings is 1. The fourth-order valence-electron chi connectivity index (χ4n) is 1.61. The largest absolute Gasteiger partial charge is 0.481 e. The fourth-order valence-corrected chi connectivity index (χ4v) is 2.33. The van der Waals surface area contributed by atoms with Crippen molar-refractivity contribution in [2.75, 3.05) is 12.4 Å². The van der Waals surface area contributed by atoms with Gasteiger partial charge in [0, 0.05) is 17.6 Å². The van der Waals surface area contributed by atoms with Crippen LogP contribution in [0.1, 0.15) is 24.7 Å². The number of aryl methyl sites for hydroxylation is 1. The van der Waals surface area contributed by atoms with Crippen molar-refractivity contribution in [3.63, 3.8) is 0 Å². The predicted octanol–water partition coefficient (Wildman–Crippen LogP) is 2.60. The smallest absolute Gasteiger partial charge is 0.218 e. The van der Waals surface area contributed by atoms with E-state index >= 15 is 0 Å². The molecule has 2 rings (SSSR count). The van der Waals surface area contributed by atoms with Gasteiger partial charge in [0.25, 0.3) is 0 Å². The number of rotatable bonds is 4. The van der Waals surface area contributed by atoms with Gasteiger partial charge in [-0.1, -0.05) is 0 Å². The Kier molecular flexibility index (Phi) is 3.47. The van der Waals surface area contributed by atoms with E-state index in [0.717, 1.165) is 10.8 Å². The van der Waals surface area contributed by atoms with Crippen LogP contribution < -0.4 is 10.1 Å². The van der Waals surface area contributed by atoms with Gasteiger partial charge in [0.15, 0.2) is 0 Å². The van der Waals surface area contributed by atoms with Gasteiger partial charge in [-0.2, -0.15) is 4.98 Å². The van der Waals surface area contributed by atoms with Crippen molar-refractivity contribution < 1.29 is 4.74 Å². The first-order valence-corrected chi connectivity index (χ1v) is 6.47. The number of aromatic nitrogens is 3. The van der Waals surface area contributed by atoms with Crippen LogP contribution in [0.4, 0.5) is 5.82 Å². The Balaban J connectivity index is 2.26. The lowest BCUT2D eigenvalue weighted by molar-refractivity contribution is 0.395. The minimum atomic E-state index is -0.278. The molecule has 96 valence electrons. The van der Waals surface area contributed by atoms with Crippen LogP contribution in [0, 0.1) is 6.92 Å². The van der Waals surface area contributed by atoms with Crippen LogP contribution in [-0.4, -0.2) is 22.1 Å². The van der Waals surface area contributed by atoms with Crippen molar-refractivity contribution in [3.05, 3.63) is 28.5 Å². The average molecular weight is 264 g/mol. The van der Waals surface area contributed by atoms with E-state index in [2.05, 4.69) is 34.1 Å². The Morgan fingerprint density at radius 2 is 2.11 bits per heavy atom. The van der Waals surface area contributed by atoms with E-state index in [1.165, 1.54) is 0 Å². The predicted molar refractivity (Wildman–Crippen MR) is 72.1 cm³/mol. The molecule has 0 amide bonds. The van der Waals surface area contributed by atoms with Gasteiger partial charge >= 0.3 is 0 Å². The zero-order chi connectivity index (χ0) is 13.2. The van der Waals surface area contributed by atoms with Crippen molar-refractivity contribution in [2.24, 2.45) is 0 Å². The Bertz CT molecular complexity index is 525. The molecule has 0 aliphatic rings. The summed E-state index contributed by atoms with van der Waals surface area (Å²) in [6.45, 7) is 5.97. The van der Waals surface area contributed by atoms with Crippen molar-refractivity contribution in [3.8, 4) is 5.88 Å². The maximum absolute atomic E-state index is 5.14. The van der Waals surface area contributed by atoms with Gasteiger partial charge in [-0.05, 0) is 20.8 Å². The molecule has 0 aliphatic carbocycles. The van der Waals surface area contributed by atoms with Gasteiger partial charge in [0.2, 0.25) is 5.88 Å². The van der Waals surface area contributed by atoms with Crippen molar-refractivity contribution in [1.29, 1.82) is 0 Å². The molecule has 18 heavy (non-hydrogen) atoms. The highest BCUT2D eigenvalue weighted by atomic mass is 32.1. The Labute approximate surface area is 110 Å². The molecular formula is C12H16N4OS. The van der Waals surface area contributed by atoms with Crippen molar-refractivity contribution in [2.45, 2.75) is 26.3 Å². The van der Waals surface area contributed by atoms with Crippen LogP contribution in [-0.2, 0) is 5.54 Å². The van der Waals surface area contributed by atoms with E-state index in [-0.39, 0.29) is 5.54 Å². The van der Waals surface area contributed by atoms with Gasteiger partial charge in [-0.3, -0.25) is 0 Å². The maximum atomic E-state index is 5.14. The van der Waals surface area contributed by atoms with Crippen LogP contribution >= 0.6 is 11.3 Å². The normalized spacial score (nSPS) is 11.3. The van der Waals surface area contributed by atoms with E-state index in [1.54, 1.807) is 30.7 Å². The standard InChI is InChI=1S/C12H16N4OS/c1-8-14-9(7-10(15-8)17-4)16-12(2,3)11-13-5-6-18-11/h5-7H,1-4H3,(H,14,15,16). The molecule has 0 aliphatic heterocycles. The highest BCUT2D eigenvalue weighted by molar-refractivity contribution is 7.09. The highest BCUT2D eigenvalue weighted by Crippen LogP contribution is 2.27. The molecule has 0 fully saturated rings. The van der Waals surface area contributed by atoms with E-state index in [1.807, 2.05) is 12.3 Å². The van der Waals surface area contributed by atoms with Crippen LogP contribution in [0.25, 0.3) is 0 Å². The number of methoxy groups -OCH3 is 1. The highest BCUT2D eigenvalue weighted by Gasteiger charge is 2.23. The molecule has 0 saturated heterocycles. The first kappa shape index (κ1) is 12.8. The van der Waals surface area contributed by atoms with Gasteiger partial charge in [0.1, 0.15) is 16.6 Å². The van der Waals surface area contributed by atoms with E-state index in [4.69, 9.17) is 4.74 Å². The lowest BCUT2D eigenvalue weighted by atomic mass is 10.1. The molecule has 2 aromatic rings. The van der Waals surface area contributed by atoms with E-state index in [9.17, 15) is 0 Å². The lowest BCUT2D eigenvalue weighted by Crippen LogP contribution is -2.28. The molecule has 0 saturated carbocycles. The third-order valence-electron chi connectivity index (χ3n) is 2.43. The Morgan fingerprint density at radius 1 is 1.33 bits per heavy atom. The summed E-state index contributed by atoms with van der Waals surface area (Å²) in [5.74, 6) is 1.96. The monoisotopic (exact) mass is 264 g/mol. The van der Waals surface area contributed by atoms with Crippen LogP contribution in [0.3, 0.4) is 0 Å². The summed E-state index contributed by atoms with van der Waals surface area (Å²) in [7, 11) is 1.59. The topological polar surface area (TPSA) is 59.9 Å². The van der Waals surface area contributed by atoms with Gasteiger partial charge < -0.3 is 10.1 Å². The summed E-state index contributed by atoms with van der Waals surface area (Å²) >= 11 is 1.61. The molecule has 5 nitrogen and oxygen atoms in total. The van der Waals surface area contributed by atoms with Gasteiger partial charge in [-0.15, -0.1) is 11.3 Å². The molecule has 0 atom stereocenters. The van der Waals surface area contributed by atoms with Crippen LogP contribution in [0.2, 0.25) is 0 Å². The number of nitrogens with one attached hydrogen (secondary N) is 1. The Morgan fingerprint density at radius 3 is 2.72 bits per heavy atom. The summed E-state index contributed by atoms with van der Waals surface area (Å²) in [4.78, 5) is 12.8. The molecule has 2 aromatic heterocycles. The minimum absolute atomic E-state index is 0.278. The lowest BCUT2D eigenvalue weighted by Gasteiger charge is -2.24. The number of hydrogen-bond acceptors (Lipinski definition) is 6. The zero-order valence-electron chi connectivity index (χ0n) is 10.9. The molecule has 0 bridgehead atoms. The SMILES string of the molecule is COc1cc(NC(C)(C)c2nccs2)nc(C)n1. The minimum Gasteiger partial charge on any atom is -0.481 e. The molecule has 0 radical (unpaired) electrons. The fraction of sp³-hybridized carbons (Fsp3) is 0.417. The third kappa shape index (κ3) is 2.76. The van der Waals surface area contributed by atoms with Crippen molar-refractivity contribution in [1.82, 2.24) is 15.0 Å². The first-order valence-electron chi connectivity index (χ1n) is 5.59. The van der Waals surface area contributed by atoms with Crippen molar-refractivity contribution >= 4 is 17.2 Å². The second-order valence-electron chi connectivity index (χ2n) is 4.43. The molecule has 0 aromatic carbocycles. The number of nitrogens with zero attached hydrogens (tertiary/aromatic N) is 3. The maximum Gasteiger partial charge on any atom is 0.218 e. The molecule has 2 heterocycles. The van der Waals surface area contributed by atoms with E-state index < -0.39 is 0 Å². The first-order chi connectivity index (χ1) is 8.51. The van der Waals surface area contributed by atoms with Gasteiger partial charge in [0.05, 0.1) is 12.6 Å². The second kappa shape index (κ2) is 4.89. The second-order valence-corrected chi connectivity index (χ2v) is 5.32. The molecule has 1 N–H and O–H groups in total. The number of hydrogen-bond donors (Lipinski definition) is 1. The Hall–Kier alpha value is -1.69. The van der Waals surface area contributed by atoms with Crippen LogP contribution in [0.15, 0.2) is 17.6 Å². The molecule has 6 heteroatoms. The summed E-state index contributed by atoms with van der Waals surface area (Å²) in [5, 5.41) is 6.33. The molecule has 0 unspecified atom stereocenters. The summed E-state index contributed by atoms with van der Waals surface area (Å²) in [5.41, 5.74) is -0.278. The number of ether oxygens (including phenoxy) is 1. The zero-order valence-corrected chi connectivity index (χ0v) is 11.7. The quantitative estimate of drug-likeness (QED) is 0.919. The summed E-state index contributed by atoms with van der Waals surface area (Å²) in [6, 6.07) is 1.78. The molecule has 0 spiro atoms. The summed E-state index contributed by atoms with van der Waals surface area (Å²) in [6.07, 6.45) is 1.80.